The normalized spacial score (nSPS) is 10.9. The van der Waals surface area contributed by atoms with E-state index in [-0.39, 0.29) is 11.7 Å². The monoisotopic (exact) mass is 435 g/mol. The van der Waals surface area contributed by atoms with Crippen molar-refractivity contribution >= 4 is 39.3 Å². The zero-order valence-corrected chi connectivity index (χ0v) is 16.9. The molecule has 26 heavy (non-hydrogen) atoms. The standard InChI is InChI=1S/C16H18BrN7OS/c1-9-6-12(4-5-13(9)17)19-14(25)8-26-16-21-20-15(23(16)18)24-11(3)7-10(2)22-24/h4-7H,8,18H2,1-3H3,(H,19,25). The van der Waals surface area contributed by atoms with Gasteiger partial charge in [0.15, 0.2) is 0 Å². The van der Waals surface area contributed by atoms with Crippen LogP contribution in [0.15, 0.2) is 33.9 Å². The van der Waals surface area contributed by atoms with Crippen molar-refractivity contribution in [3.05, 3.63) is 45.7 Å². The summed E-state index contributed by atoms with van der Waals surface area (Å²) in [5, 5.41) is 15.8. The second-order valence-corrected chi connectivity index (χ2v) is 7.59. The van der Waals surface area contributed by atoms with E-state index in [4.69, 9.17) is 5.84 Å². The number of halogens is 1. The lowest BCUT2D eigenvalue weighted by Gasteiger charge is -2.07. The van der Waals surface area contributed by atoms with E-state index in [1.165, 1.54) is 16.4 Å². The van der Waals surface area contributed by atoms with E-state index >= 15 is 0 Å². The van der Waals surface area contributed by atoms with Crippen molar-refractivity contribution in [2.24, 2.45) is 0 Å². The van der Waals surface area contributed by atoms with Crippen molar-refractivity contribution in [2.45, 2.75) is 25.9 Å². The summed E-state index contributed by atoms with van der Waals surface area (Å²) in [5.74, 6) is 6.49. The summed E-state index contributed by atoms with van der Waals surface area (Å²) in [6.07, 6.45) is 0. The van der Waals surface area contributed by atoms with E-state index < -0.39 is 0 Å². The Hall–Kier alpha value is -2.33. The molecule has 8 nitrogen and oxygen atoms in total. The van der Waals surface area contributed by atoms with E-state index in [1.807, 2.05) is 45.0 Å². The van der Waals surface area contributed by atoms with E-state index in [0.717, 1.165) is 27.1 Å². The molecule has 3 rings (SSSR count). The second kappa shape index (κ2) is 7.50. The Morgan fingerprint density at radius 3 is 2.69 bits per heavy atom. The Labute approximate surface area is 163 Å². The maximum Gasteiger partial charge on any atom is 0.271 e. The molecule has 136 valence electrons. The van der Waals surface area contributed by atoms with Crippen LogP contribution in [0.2, 0.25) is 0 Å². The van der Waals surface area contributed by atoms with E-state index in [0.29, 0.717) is 11.1 Å². The van der Waals surface area contributed by atoms with Crippen molar-refractivity contribution in [2.75, 3.05) is 16.9 Å². The summed E-state index contributed by atoms with van der Waals surface area (Å²) in [4.78, 5) is 12.2. The van der Waals surface area contributed by atoms with Gasteiger partial charge in [-0.05, 0) is 50.6 Å². The molecule has 1 amide bonds. The Morgan fingerprint density at radius 2 is 2.04 bits per heavy atom. The van der Waals surface area contributed by atoms with E-state index in [9.17, 15) is 4.79 Å². The van der Waals surface area contributed by atoms with Crippen molar-refractivity contribution in [3.63, 3.8) is 0 Å². The summed E-state index contributed by atoms with van der Waals surface area (Å²) >= 11 is 4.65. The first-order chi connectivity index (χ1) is 12.3. The number of nitrogens with zero attached hydrogens (tertiary/aromatic N) is 5. The van der Waals surface area contributed by atoms with Gasteiger partial charge in [-0.3, -0.25) is 4.79 Å². The molecule has 2 heterocycles. The summed E-state index contributed by atoms with van der Waals surface area (Å²) in [6, 6.07) is 7.56. The van der Waals surface area contributed by atoms with Gasteiger partial charge in [-0.25, -0.2) is 9.36 Å². The molecule has 3 aromatic rings. The minimum Gasteiger partial charge on any atom is -0.334 e. The number of aromatic nitrogens is 5. The molecule has 10 heteroatoms. The van der Waals surface area contributed by atoms with Gasteiger partial charge in [0, 0.05) is 15.9 Å². The number of nitrogens with one attached hydrogen (secondary N) is 1. The van der Waals surface area contributed by atoms with Crippen LogP contribution in [0, 0.1) is 20.8 Å². The lowest BCUT2D eigenvalue weighted by Crippen LogP contribution is -2.18. The van der Waals surface area contributed by atoms with Gasteiger partial charge in [-0.1, -0.05) is 27.7 Å². The van der Waals surface area contributed by atoms with Crippen LogP contribution in [0.5, 0.6) is 0 Å². The van der Waals surface area contributed by atoms with Crippen LogP contribution >= 0.6 is 27.7 Å². The van der Waals surface area contributed by atoms with Crippen LogP contribution in [-0.2, 0) is 4.79 Å². The fraction of sp³-hybridized carbons (Fsp3) is 0.250. The van der Waals surface area contributed by atoms with Gasteiger partial charge in [0.2, 0.25) is 11.1 Å². The summed E-state index contributed by atoms with van der Waals surface area (Å²) in [6.45, 7) is 5.77. The molecule has 0 fully saturated rings. The number of amides is 1. The number of hydrogen-bond donors (Lipinski definition) is 2. The van der Waals surface area contributed by atoms with Crippen LogP contribution in [0.25, 0.3) is 5.95 Å². The molecule has 3 N–H and O–H groups in total. The third-order valence-electron chi connectivity index (χ3n) is 3.62. The number of hydrogen-bond acceptors (Lipinski definition) is 6. The van der Waals surface area contributed by atoms with Crippen LogP contribution in [-0.4, -0.2) is 36.3 Å². The second-order valence-electron chi connectivity index (χ2n) is 5.79. The minimum atomic E-state index is -0.146. The minimum absolute atomic E-state index is 0.146. The van der Waals surface area contributed by atoms with Gasteiger partial charge >= 0.3 is 0 Å². The average molecular weight is 436 g/mol. The van der Waals surface area contributed by atoms with Crippen LogP contribution in [0.4, 0.5) is 5.69 Å². The van der Waals surface area contributed by atoms with Gasteiger partial charge in [0.25, 0.3) is 5.95 Å². The SMILES string of the molecule is Cc1cc(C)n(-c2nnc(SCC(=O)Nc3ccc(Br)c(C)c3)n2N)n1. The molecule has 0 aliphatic rings. The molecule has 0 spiro atoms. The number of benzene rings is 1. The average Bonchev–Trinajstić information content (AvgIpc) is 3.10. The highest BCUT2D eigenvalue weighted by atomic mass is 79.9. The van der Waals surface area contributed by atoms with Crippen LogP contribution in [0.1, 0.15) is 17.0 Å². The highest BCUT2D eigenvalue weighted by Crippen LogP contribution is 2.21. The molecule has 0 saturated carbocycles. The topological polar surface area (TPSA) is 104 Å². The van der Waals surface area contributed by atoms with Gasteiger partial charge in [-0.2, -0.15) is 5.10 Å². The van der Waals surface area contributed by atoms with Crippen molar-refractivity contribution in [1.29, 1.82) is 0 Å². The van der Waals surface area contributed by atoms with Gasteiger partial charge < -0.3 is 11.2 Å². The molecule has 2 aromatic heterocycles. The Bertz CT molecular complexity index is 966. The van der Waals surface area contributed by atoms with E-state index in [1.54, 1.807) is 4.68 Å². The zero-order chi connectivity index (χ0) is 18.8. The molecule has 0 bridgehead atoms. The molecule has 1 aromatic carbocycles. The molecule has 0 unspecified atom stereocenters. The van der Waals surface area contributed by atoms with Crippen molar-refractivity contribution in [1.82, 2.24) is 24.7 Å². The maximum atomic E-state index is 12.2. The molecular formula is C16H18BrN7OS. The smallest absolute Gasteiger partial charge is 0.271 e. The zero-order valence-electron chi connectivity index (χ0n) is 14.5. The summed E-state index contributed by atoms with van der Waals surface area (Å²) in [5.41, 5.74) is 3.56. The Morgan fingerprint density at radius 1 is 1.27 bits per heavy atom. The third kappa shape index (κ3) is 3.91. The highest BCUT2D eigenvalue weighted by molar-refractivity contribution is 9.10. The molecule has 0 atom stereocenters. The first-order valence-corrected chi connectivity index (χ1v) is 9.56. The predicted octanol–water partition coefficient (Wildman–Crippen LogP) is 2.60. The van der Waals surface area contributed by atoms with Crippen molar-refractivity contribution in [3.8, 4) is 5.95 Å². The fourth-order valence-electron chi connectivity index (χ4n) is 2.39. The lowest BCUT2D eigenvalue weighted by atomic mass is 10.2. The quantitative estimate of drug-likeness (QED) is 0.471. The number of carbonyl (C=O) groups excluding carboxylic acids is 1. The Kier molecular flexibility index (Phi) is 5.33. The molecule has 0 aliphatic carbocycles. The van der Waals surface area contributed by atoms with Gasteiger partial charge in [-0.15, -0.1) is 10.2 Å². The molecule has 0 aliphatic heterocycles. The number of anilines is 1. The number of nitrogens with two attached hydrogens (primary N) is 1. The lowest BCUT2D eigenvalue weighted by molar-refractivity contribution is -0.113. The molecular weight excluding hydrogens is 418 g/mol. The number of rotatable bonds is 5. The van der Waals surface area contributed by atoms with Crippen LogP contribution < -0.4 is 11.2 Å². The van der Waals surface area contributed by atoms with E-state index in [2.05, 4.69) is 36.5 Å². The largest absolute Gasteiger partial charge is 0.334 e. The summed E-state index contributed by atoms with van der Waals surface area (Å²) in [7, 11) is 0. The third-order valence-corrected chi connectivity index (χ3v) is 5.45. The van der Waals surface area contributed by atoms with Crippen molar-refractivity contribution < 1.29 is 4.79 Å². The first-order valence-electron chi connectivity index (χ1n) is 7.78. The number of aryl methyl sites for hydroxylation is 3. The number of carbonyl (C=O) groups is 1. The maximum absolute atomic E-state index is 12.2. The molecule has 0 saturated heterocycles. The first kappa shape index (κ1) is 18.5. The number of nitrogen functional groups attached to an aromatic ring is 1. The van der Waals surface area contributed by atoms with Gasteiger partial charge in [0.1, 0.15) is 0 Å². The molecule has 0 radical (unpaired) electrons. The summed E-state index contributed by atoms with van der Waals surface area (Å²) < 4.78 is 3.95. The number of thioether (sulfide) groups is 1. The Balaban J connectivity index is 1.65. The predicted molar refractivity (Wildman–Crippen MR) is 105 cm³/mol. The van der Waals surface area contributed by atoms with Crippen LogP contribution in [0.3, 0.4) is 0 Å². The highest BCUT2D eigenvalue weighted by Gasteiger charge is 2.16. The fourth-order valence-corrected chi connectivity index (χ4v) is 3.29. The van der Waals surface area contributed by atoms with Gasteiger partial charge in [0.05, 0.1) is 11.4 Å².